The summed E-state index contributed by atoms with van der Waals surface area (Å²) in [4.78, 5) is 23.4. The average Bonchev–Trinajstić information content (AvgIpc) is 3.20. The molecule has 2 aliphatic heterocycles. The van der Waals surface area contributed by atoms with E-state index in [1.54, 1.807) is 13.0 Å². The molecule has 7 atom stereocenters. The van der Waals surface area contributed by atoms with Gasteiger partial charge < -0.3 is 49.2 Å². The molecule has 1 aromatic carbocycles. The van der Waals surface area contributed by atoms with E-state index in [1.807, 2.05) is 0 Å². The first-order valence-electron chi connectivity index (χ1n) is 10.9. The van der Waals surface area contributed by atoms with Crippen molar-refractivity contribution in [1.29, 1.82) is 0 Å². The molecular weight excluding hydrogens is 468 g/mol. The Morgan fingerprint density at radius 1 is 1.26 bits per heavy atom. The number of esters is 2. The number of hydrogen-bond acceptors (Lipinski definition) is 12. The highest BCUT2D eigenvalue weighted by molar-refractivity contribution is 5.87. The van der Waals surface area contributed by atoms with Gasteiger partial charge in [0, 0.05) is 12.0 Å². The van der Waals surface area contributed by atoms with E-state index in [2.05, 4.69) is 0 Å². The van der Waals surface area contributed by atoms with Crippen LogP contribution in [0.25, 0.3) is 6.08 Å². The minimum Gasteiger partial charge on any atom is -0.504 e. The highest BCUT2D eigenvalue weighted by Gasteiger charge is 2.47. The van der Waals surface area contributed by atoms with E-state index in [0.29, 0.717) is 5.56 Å². The number of benzene rings is 1. The van der Waals surface area contributed by atoms with Gasteiger partial charge in [0.2, 0.25) is 0 Å². The third-order valence-electron chi connectivity index (χ3n) is 6.04. The van der Waals surface area contributed by atoms with E-state index in [-0.39, 0.29) is 31.1 Å². The number of aromatic hydroxyl groups is 1. The lowest BCUT2D eigenvalue weighted by atomic mass is 9.88. The van der Waals surface area contributed by atoms with Crippen molar-refractivity contribution in [3.05, 3.63) is 29.8 Å². The van der Waals surface area contributed by atoms with E-state index >= 15 is 0 Å². The molecule has 0 saturated carbocycles. The van der Waals surface area contributed by atoms with E-state index < -0.39 is 60.8 Å². The van der Waals surface area contributed by atoms with Crippen LogP contribution in [0.2, 0.25) is 0 Å². The molecule has 2 aliphatic rings. The highest BCUT2D eigenvalue weighted by atomic mass is 16.7. The fraction of sp³-hybridized carbons (Fsp3) is 0.565. The summed E-state index contributed by atoms with van der Waals surface area (Å²) in [5.74, 6) is -1.71. The number of hydrogen-bond donors (Lipinski definition) is 5. The fourth-order valence-electron chi connectivity index (χ4n) is 3.63. The van der Waals surface area contributed by atoms with Crippen molar-refractivity contribution in [2.24, 2.45) is 5.92 Å². The van der Waals surface area contributed by atoms with Crippen molar-refractivity contribution < 1.29 is 58.8 Å². The van der Waals surface area contributed by atoms with E-state index in [1.165, 1.54) is 25.3 Å². The molecule has 1 aromatic rings. The zero-order valence-electron chi connectivity index (χ0n) is 19.3. The van der Waals surface area contributed by atoms with Gasteiger partial charge in [-0.1, -0.05) is 13.0 Å². The summed E-state index contributed by atoms with van der Waals surface area (Å²) >= 11 is 0. The van der Waals surface area contributed by atoms with E-state index in [0.717, 1.165) is 6.08 Å². The molecule has 2 heterocycles. The smallest absolute Gasteiger partial charge is 0.330 e. The van der Waals surface area contributed by atoms with Crippen LogP contribution in [0.1, 0.15) is 18.9 Å². The van der Waals surface area contributed by atoms with Crippen LogP contribution in [0, 0.1) is 5.92 Å². The third-order valence-corrected chi connectivity index (χ3v) is 6.04. The molecule has 0 aromatic heterocycles. The number of carbonyl (C=O) groups is 2. The zero-order valence-corrected chi connectivity index (χ0v) is 19.3. The van der Waals surface area contributed by atoms with Crippen LogP contribution >= 0.6 is 0 Å². The van der Waals surface area contributed by atoms with Crippen molar-refractivity contribution in [2.75, 3.05) is 26.9 Å². The number of aliphatic hydroxyl groups excluding tert-OH is 3. The summed E-state index contributed by atoms with van der Waals surface area (Å²) in [5.41, 5.74) is -0.875. The summed E-state index contributed by atoms with van der Waals surface area (Å²) < 4.78 is 25.9. The fourth-order valence-corrected chi connectivity index (χ4v) is 3.63. The van der Waals surface area contributed by atoms with Gasteiger partial charge in [-0.3, -0.25) is 4.79 Å². The summed E-state index contributed by atoms with van der Waals surface area (Å²) in [6, 6.07) is 4.47. The zero-order chi connectivity index (χ0) is 25.8. The Hall–Kier alpha value is -2.74. The first kappa shape index (κ1) is 26.9. The van der Waals surface area contributed by atoms with Crippen LogP contribution in [0.3, 0.4) is 0 Å². The lowest BCUT2D eigenvalue weighted by Crippen LogP contribution is -2.59. The molecule has 0 aliphatic carbocycles. The summed E-state index contributed by atoms with van der Waals surface area (Å²) in [5, 5.41) is 50.7. The molecule has 5 N–H and O–H groups in total. The SMILES string of the molecule is COc1cc(C=CC(=O)OC[C@H]2O[C@H](OC[C@H](C)[C@]3(O)COC(=O)C3)[C@H](O)[C@@H](O)[C@@H]2O)ccc1O. The van der Waals surface area contributed by atoms with Gasteiger partial charge in [0.1, 0.15) is 43.2 Å². The van der Waals surface area contributed by atoms with Crippen molar-refractivity contribution in [3.63, 3.8) is 0 Å². The number of rotatable bonds is 9. The van der Waals surface area contributed by atoms with Gasteiger partial charge in [0.25, 0.3) is 0 Å². The second-order valence-electron chi connectivity index (χ2n) is 8.58. The van der Waals surface area contributed by atoms with Crippen LogP contribution in [0.5, 0.6) is 11.5 Å². The van der Waals surface area contributed by atoms with E-state index in [4.69, 9.17) is 23.7 Å². The average molecular weight is 498 g/mol. The van der Waals surface area contributed by atoms with Crippen LogP contribution in [0.4, 0.5) is 0 Å². The van der Waals surface area contributed by atoms with Crippen molar-refractivity contribution in [1.82, 2.24) is 0 Å². The predicted octanol–water partition coefficient (Wildman–Crippen LogP) is -0.904. The molecule has 0 bridgehead atoms. The molecule has 12 heteroatoms. The Labute approximate surface area is 201 Å². The Kier molecular flexibility index (Phi) is 8.70. The maximum Gasteiger partial charge on any atom is 0.330 e. The number of aliphatic hydroxyl groups is 4. The number of phenolic OH excluding ortho intramolecular Hbond substituents is 1. The normalized spacial score (nSPS) is 31.8. The van der Waals surface area contributed by atoms with Gasteiger partial charge in [-0.05, 0) is 23.8 Å². The van der Waals surface area contributed by atoms with Gasteiger partial charge in [0.15, 0.2) is 17.8 Å². The van der Waals surface area contributed by atoms with Gasteiger partial charge in [-0.15, -0.1) is 0 Å². The number of cyclic esters (lactones) is 1. The number of phenols is 1. The van der Waals surface area contributed by atoms with Crippen LogP contribution in [-0.2, 0) is 28.5 Å². The molecule has 2 saturated heterocycles. The summed E-state index contributed by atoms with van der Waals surface area (Å²) in [6.07, 6.45) is -5.07. The Morgan fingerprint density at radius 3 is 2.66 bits per heavy atom. The van der Waals surface area contributed by atoms with Crippen LogP contribution < -0.4 is 4.74 Å². The lowest BCUT2D eigenvalue weighted by Gasteiger charge is -2.40. The number of ether oxygens (including phenoxy) is 5. The van der Waals surface area contributed by atoms with Crippen molar-refractivity contribution in [3.8, 4) is 11.5 Å². The molecule has 3 rings (SSSR count). The van der Waals surface area contributed by atoms with E-state index in [9.17, 15) is 35.1 Å². The lowest BCUT2D eigenvalue weighted by molar-refractivity contribution is -0.305. The van der Waals surface area contributed by atoms with Crippen LogP contribution in [-0.4, -0.2) is 101 Å². The van der Waals surface area contributed by atoms with Crippen LogP contribution in [0.15, 0.2) is 24.3 Å². The second kappa shape index (κ2) is 11.3. The monoisotopic (exact) mass is 498 g/mol. The van der Waals surface area contributed by atoms with Crippen molar-refractivity contribution >= 4 is 18.0 Å². The molecule has 0 spiro atoms. The van der Waals surface area contributed by atoms with Gasteiger partial charge >= 0.3 is 11.9 Å². The minimum atomic E-state index is -1.65. The molecule has 194 valence electrons. The van der Waals surface area contributed by atoms with Gasteiger partial charge in [-0.25, -0.2) is 4.79 Å². The van der Waals surface area contributed by atoms with Gasteiger partial charge in [0.05, 0.1) is 20.1 Å². The quantitative estimate of drug-likeness (QED) is 0.209. The Balaban J connectivity index is 1.53. The number of methoxy groups -OCH3 is 1. The highest BCUT2D eigenvalue weighted by Crippen LogP contribution is 2.30. The van der Waals surface area contributed by atoms with Gasteiger partial charge in [-0.2, -0.15) is 0 Å². The standard InChI is InChI=1S/C23H30O12/c1-12(23(30)8-18(26)34-11-23)9-33-22-21(29)20(28)19(27)16(35-22)10-32-17(25)6-4-13-3-5-14(24)15(7-13)31-2/h3-7,12,16,19-22,24,27-30H,8-11H2,1-2H3/t12-,16+,19+,20-,21+,22-,23+/m0/s1. The minimum absolute atomic E-state index is 0.0539. The maximum atomic E-state index is 12.1. The molecule has 0 amide bonds. The third kappa shape index (κ3) is 6.48. The predicted molar refractivity (Wildman–Crippen MR) is 117 cm³/mol. The molecule has 12 nitrogen and oxygen atoms in total. The largest absolute Gasteiger partial charge is 0.504 e. The summed E-state index contributed by atoms with van der Waals surface area (Å²) in [7, 11) is 1.39. The molecule has 0 radical (unpaired) electrons. The molecule has 0 unspecified atom stereocenters. The molecule has 35 heavy (non-hydrogen) atoms. The number of carbonyl (C=O) groups excluding carboxylic acids is 2. The molecule has 2 fully saturated rings. The second-order valence-corrected chi connectivity index (χ2v) is 8.58. The first-order chi connectivity index (χ1) is 16.5. The molecular formula is C23H30O12. The Bertz CT molecular complexity index is 933. The topological polar surface area (TPSA) is 181 Å². The Morgan fingerprint density at radius 2 is 2.00 bits per heavy atom. The maximum absolute atomic E-state index is 12.1. The van der Waals surface area contributed by atoms with Crippen molar-refractivity contribution in [2.45, 2.75) is 49.7 Å². The first-order valence-corrected chi connectivity index (χ1v) is 10.9. The summed E-state index contributed by atoms with van der Waals surface area (Å²) in [6.45, 7) is 0.838.